The molecular formula is C26H38ClN5OS. The van der Waals surface area contributed by atoms with Crippen LogP contribution in [0.1, 0.15) is 106 Å². The van der Waals surface area contributed by atoms with Crippen LogP contribution in [-0.4, -0.2) is 44.2 Å². The number of hydrogen-bond acceptors (Lipinski definition) is 5. The van der Waals surface area contributed by atoms with Gasteiger partial charge in [0.05, 0.1) is 10.4 Å². The number of halogens is 1. The van der Waals surface area contributed by atoms with Crippen molar-refractivity contribution in [1.29, 1.82) is 0 Å². The van der Waals surface area contributed by atoms with Crippen LogP contribution >= 0.6 is 22.9 Å². The molecule has 186 valence electrons. The molecule has 2 bridgehead atoms. The molecule has 5 rings (SSSR count). The van der Waals surface area contributed by atoms with Crippen LogP contribution in [0.15, 0.2) is 12.1 Å². The maximum absolute atomic E-state index is 13.0. The lowest BCUT2D eigenvalue weighted by molar-refractivity contribution is -0.125. The zero-order valence-electron chi connectivity index (χ0n) is 20.7. The van der Waals surface area contributed by atoms with E-state index >= 15 is 0 Å². The first-order chi connectivity index (χ1) is 16.4. The van der Waals surface area contributed by atoms with Gasteiger partial charge in [0.2, 0.25) is 5.91 Å². The number of aromatic nitrogens is 3. The summed E-state index contributed by atoms with van der Waals surface area (Å²) < 4.78 is 3.22. The number of nitrogens with one attached hydrogen (secondary N) is 1. The summed E-state index contributed by atoms with van der Waals surface area (Å²) in [7, 11) is 0. The van der Waals surface area contributed by atoms with Crippen molar-refractivity contribution in [3.63, 3.8) is 0 Å². The highest BCUT2D eigenvalue weighted by Crippen LogP contribution is 2.42. The Morgan fingerprint density at radius 1 is 1.12 bits per heavy atom. The molecule has 34 heavy (non-hydrogen) atoms. The van der Waals surface area contributed by atoms with E-state index in [9.17, 15) is 4.79 Å². The number of amides is 1. The molecule has 0 spiro atoms. The van der Waals surface area contributed by atoms with E-state index in [1.165, 1.54) is 43.4 Å². The molecule has 6 nitrogen and oxygen atoms in total. The number of nitrogens with zero attached hydrogens (tertiary/aromatic N) is 4. The van der Waals surface area contributed by atoms with Crippen molar-refractivity contribution < 1.29 is 4.79 Å². The van der Waals surface area contributed by atoms with E-state index in [2.05, 4.69) is 51.8 Å². The van der Waals surface area contributed by atoms with Gasteiger partial charge in [-0.05, 0) is 64.0 Å². The van der Waals surface area contributed by atoms with Gasteiger partial charge in [-0.1, -0.05) is 38.3 Å². The topological polar surface area (TPSA) is 63.1 Å². The largest absolute Gasteiger partial charge is 0.348 e. The summed E-state index contributed by atoms with van der Waals surface area (Å²) in [6.45, 7) is 7.53. The summed E-state index contributed by atoms with van der Waals surface area (Å²) in [5.41, 5.74) is 0. The third-order valence-electron chi connectivity index (χ3n) is 8.29. The number of aryl methyl sites for hydroxylation is 1. The van der Waals surface area contributed by atoms with Crippen LogP contribution in [-0.2, 0) is 4.79 Å². The number of carbonyl (C=O) groups is 1. The highest BCUT2D eigenvalue weighted by Gasteiger charge is 2.42. The predicted molar refractivity (Wildman–Crippen MR) is 137 cm³/mol. The Morgan fingerprint density at radius 2 is 1.82 bits per heavy atom. The van der Waals surface area contributed by atoms with Crippen molar-refractivity contribution in [3.05, 3.63) is 33.0 Å². The van der Waals surface area contributed by atoms with Crippen molar-refractivity contribution in [3.8, 4) is 0 Å². The standard InChI is InChI=1S/C26H38ClN5OS/c1-16(2)25-30-29-17(3)32(25)21-14-19-8-9-20(15-21)31(19)13-12-22(23-10-11-24(27)34-23)28-26(33)18-6-4-5-7-18/h10-11,16,18-22H,4-9,12-15H2,1-3H3,(H,28,33)/t19-,20-,22-/m0/s1. The predicted octanol–water partition coefficient (Wildman–Crippen LogP) is 6.03. The molecule has 2 aromatic heterocycles. The lowest BCUT2D eigenvalue weighted by atomic mass is 9.95. The molecule has 3 fully saturated rings. The number of thiophene rings is 1. The lowest BCUT2D eigenvalue weighted by Crippen LogP contribution is -2.45. The van der Waals surface area contributed by atoms with E-state index < -0.39 is 0 Å². The van der Waals surface area contributed by atoms with Crippen LogP contribution in [0, 0.1) is 12.8 Å². The molecule has 2 aromatic rings. The third-order valence-corrected chi connectivity index (χ3v) is 9.63. The Hall–Kier alpha value is -1.44. The molecule has 0 radical (unpaired) electrons. The second-order valence-electron chi connectivity index (χ2n) is 10.9. The second kappa shape index (κ2) is 10.3. The average Bonchev–Trinajstić information content (AvgIpc) is 3.59. The summed E-state index contributed by atoms with van der Waals surface area (Å²) in [5.74, 6) is 2.98. The molecule has 0 aromatic carbocycles. The van der Waals surface area contributed by atoms with E-state index in [1.54, 1.807) is 11.3 Å². The van der Waals surface area contributed by atoms with Crippen molar-refractivity contribution >= 4 is 28.8 Å². The molecule has 1 saturated carbocycles. The second-order valence-corrected chi connectivity index (χ2v) is 12.6. The van der Waals surface area contributed by atoms with Gasteiger partial charge in [0.1, 0.15) is 11.6 Å². The maximum atomic E-state index is 13.0. The quantitative estimate of drug-likeness (QED) is 0.477. The fraction of sp³-hybridized carbons (Fsp3) is 0.731. The highest BCUT2D eigenvalue weighted by molar-refractivity contribution is 7.16. The van der Waals surface area contributed by atoms with Gasteiger partial charge in [-0.2, -0.15) is 0 Å². The van der Waals surface area contributed by atoms with Gasteiger partial charge in [-0.15, -0.1) is 21.5 Å². The smallest absolute Gasteiger partial charge is 0.223 e. The highest BCUT2D eigenvalue weighted by atomic mass is 35.5. The molecule has 8 heteroatoms. The minimum Gasteiger partial charge on any atom is -0.348 e. The fourth-order valence-corrected chi connectivity index (χ4v) is 7.76. The number of rotatable bonds is 8. The van der Waals surface area contributed by atoms with Crippen LogP contribution in [0.4, 0.5) is 0 Å². The van der Waals surface area contributed by atoms with E-state index in [-0.39, 0.29) is 17.9 Å². The molecule has 1 N–H and O–H groups in total. The molecule has 2 aliphatic heterocycles. The number of carbonyl (C=O) groups excluding carboxylic acids is 1. The van der Waals surface area contributed by atoms with Gasteiger partial charge in [0.15, 0.2) is 0 Å². The maximum Gasteiger partial charge on any atom is 0.223 e. The van der Waals surface area contributed by atoms with Gasteiger partial charge in [0, 0.05) is 41.4 Å². The van der Waals surface area contributed by atoms with E-state index in [0.717, 1.165) is 41.8 Å². The number of piperidine rings is 1. The lowest BCUT2D eigenvalue weighted by Gasteiger charge is -2.40. The zero-order valence-corrected chi connectivity index (χ0v) is 22.2. The molecule has 1 amide bonds. The molecule has 2 saturated heterocycles. The first-order valence-electron chi connectivity index (χ1n) is 13.1. The van der Waals surface area contributed by atoms with Gasteiger partial charge >= 0.3 is 0 Å². The summed E-state index contributed by atoms with van der Waals surface area (Å²) >= 11 is 7.87. The van der Waals surface area contributed by atoms with Crippen LogP contribution in [0.3, 0.4) is 0 Å². The molecule has 3 atom stereocenters. The summed E-state index contributed by atoms with van der Waals surface area (Å²) in [6.07, 6.45) is 10.2. The van der Waals surface area contributed by atoms with Crippen LogP contribution in [0.25, 0.3) is 0 Å². The normalized spacial score (nSPS) is 26.4. The van der Waals surface area contributed by atoms with Crippen LogP contribution in [0.5, 0.6) is 0 Å². The Morgan fingerprint density at radius 3 is 2.44 bits per heavy atom. The van der Waals surface area contributed by atoms with Gasteiger partial charge in [0.25, 0.3) is 0 Å². The molecule has 3 aliphatic rings. The van der Waals surface area contributed by atoms with Crippen molar-refractivity contribution in [1.82, 2.24) is 25.0 Å². The third kappa shape index (κ3) is 4.93. The first kappa shape index (κ1) is 24.3. The number of fused-ring (bicyclic) bond motifs is 2. The molecule has 1 aliphatic carbocycles. The number of hydrogen-bond donors (Lipinski definition) is 1. The monoisotopic (exact) mass is 503 g/mol. The van der Waals surface area contributed by atoms with E-state index in [0.29, 0.717) is 24.0 Å². The Balaban J connectivity index is 1.26. The van der Waals surface area contributed by atoms with Crippen LogP contribution in [0.2, 0.25) is 4.34 Å². The van der Waals surface area contributed by atoms with Crippen molar-refractivity contribution in [2.24, 2.45) is 5.92 Å². The summed E-state index contributed by atoms with van der Waals surface area (Å²) in [5, 5.41) is 12.3. The van der Waals surface area contributed by atoms with Crippen LogP contribution < -0.4 is 5.32 Å². The first-order valence-corrected chi connectivity index (χ1v) is 14.3. The zero-order chi connectivity index (χ0) is 23.8. The van der Waals surface area contributed by atoms with Gasteiger partial charge in [-0.3, -0.25) is 9.69 Å². The van der Waals surface area contributed by atoms with Crippen molar-refractivity contribution in [2.45, 2.75) is 109 Å². The summed E-state index contributed by atoms with van der Waals surface area (Å²) in [4.78, 5) is 16.9. The SMILES string of the molecule is Cc1nnc(C(C)C)n1C1C[C@@H]2CC[C@@H](C1)N2CC[C@H](NC(=O)C1CCCC1)c1ccc(Cl)s1. The van der Waals surface area contributed by atoms with Crippen molar-refractivity contribution in [2.75, 3.05) is 6.54 Å². The van der Waals surface area contributed by atoms with E-state index in [4.69, 9.17) is 11.6 Å². The van der Waals surface area contributed by atoms with Gasteiger partial charge < -0.3 is 9.88 Å². The average molecular weight is 504 g/mol. The molecule has 4 heterocycles. The molecule has 0 unspecified atom stereocenters. The van der Waals surface area contributed by atoms with Gasteiger partial charge in [-0.25, -0.2) is 0 Å². The Kier molecular flexibility index (Phi) is 7.33. The Labute approximate surface area is 212 Å². The minimum absolute atomic E-state index is 0.0513. The fourth-order valence-electron chi connectivity index (χ4n) is 6.61. The Bertz CT molecular complexity index is 983. The summed E-state index contributed by atoms with van der Waals surface area (Å²) in [6, 6.07) is 5.80. The minimum atomic E-state index is 0.0513. The van der Waals surface area contributed by atoms with E-state index in [1.807, 2.05) is 6.07 Å². The molecular weight excluding hydrogens is 466 g/mol.